The first kappa shape index (κ1) is 16.2. The second-order valence-electron chi connectivity index (χ2n) is 6.13. The molecule has 0 saturated heterocycles. The summed E-state index contributed by atoms with van der Waals surface area (Å²) in [6.45, 7) is 1.35. The predicted octanol–water partition coefficient (Wildman–Crippen LogP) is 3.09. The smallest absolute Gasteiger partial charge is 0.374 e. The maximum atomic E-state index is 12.0. The molecule has 2 bridgehead atoms. The first-order valence-corrected chi connectivity index (χ1v) is 7.63. The molecule has 0 N–H and O–H groups in total. The van der Waals surface area contributed by atoms with Gasteiger partial charge in [0.1, 0.15) is 5.60 Å². The summed E-state index contributed by atoms with van der Waals surface area (Å²) in [5, 5.41) is 0. The molecule has 2 rings (SSSR count). The fourth-order valence-electron chi connectivity index (χ4n) is 3.80. The number of alkyl halides is 2. The third-order valence-corrected chi connectivity index (χ3v) is 4.70. The van der Waals surface area contributed by atoms with Crippen LogP contribution in [0.5, 0.6) is 0 Å². The average Bonchev–Trinajstić information content (AvgIpc) is 3.03. The number of halogens is 2. The summed E-state index contributed by atoms with van der Waals surface area (Å²) >= 11 is 0. The van der Waals surface area contributed by atoms with Crippen LogP contribution in [0.4, 0.5) is 8.78 Å². The number of unbranched alkanes of at least 4 members (excludes halogenated alkanes) is 1. The molecule has 2 aliphatic rings. The van der Waals surface area contributed by atoms with Crippen molar-refractivity contribution in [1.82, 2.24) is 0 Å². The third-order valence-electron chi connectivity index (χ3n) is 4.70. The van der Waals surface area contributed by atoms with Crippen molar-refractivity contribution in [3.05, 3.63) is 0 Å². The Bertz CT molecular complexity index is 399. The Morgan fingerprint density at radius 2 is 2.10 bits per heavy atom. The number of hydrogen-bond donors (Lipinski definition) is 0. The Kier molecular flexibility index (Phi) is 5.17. The van der Waals surface area contributed by atoms with Crippen LogP contribution in [0.1, 0.15) is 51.9 Å². The second-order valence-corrected chi connectivity index (χ2v) is 6.13. The highest BCUT2D eigenvalue weighted by Gasteiger charge is 2.53. The van der Waals surface area contributed by atoms with Gasteiger partial charge in [-0.15, -0.1) is 0 Å². The van der Waals surface area contributed by atoms with E-state index >= 15 is 0 Å². The molecular formula is C15H22F2O4. The lowest BCUT2D eigenvalue weighted by atomic mass is 9.80. The number of carbonyl (C=O) groups excluding carboxylic acids is 2. The van der Waals surface area contributed by atoms with E-state index in [1.807, 2.05) is 0 Å². The molecular weight excluding hydrogens is 282 g/mol. The predicted molar refractivity (Wildman–Crippen MR) is 70.8 cm³/mol. The normalized spacial score (nSPS) is 30.7. The van der Waals surface area contributed by atoms with Crippen LogP contribution >= 0.6 is 0 Å². The average molecular weight is 304 g/mol. The minimum atomic E-state index is -3.21. The Hall–Kier alpha value is -1.20. The molecule has 120 valence electrons. The Balaban J connectivity index is 1.90. The molecule has 3 atom stereocenters. The number of hydrogen-bond acceptors (Lipinski definition) is 4. The number of ether oxygens (including phenoxy) is 2. The van der Waals surface area contributed by atoms with Crippen molar-refractivity contribution in [2.75, 3.05) is 6.61 Å². The van der Waals surface area contributed by atoms with Gasteiger partial charge < -0.3 is 9.47 Å². The highest BCUT2D eigenvalue weighted by molar-refractivity contribution is 5.78. The van der Waals surface area contributed by atoms with Crippen molar-refractivity contribution in [2.45, 2.75) is 63.9 Å². The summed E-state index contributed by atoms with van der Waals surface area (Å²) < 4.78 is 33.9. The van der Waals surface area contributed by atoms with E-state index in [0.29, 0.717) is 11.8 Å². The number of carbonyl (C=O) groups is 2. The highest BCUT2D eigenvalue weighted by atomic mass is 19.3. The molecule has 0 aliphatic heterocycles. The van der Waals surface area contributed by atoms with E-state index in [1.54, 1.807) is 0 Å². The number of fused-ring (bicyclic) bond motifs is 2. The first-order valence-electron chi connectivity index (χ1n) is 7.63. The molecule has 2 saturated carbocycles. The van der Waals surface area contributed by atoms with Crippen molar-refractivity contribution < 1.29 is 27.8 Å². The largest absolute Gasteiger partial charge is 0.456 e. The number of esters is 2. The minimum absolute atomic E-state index is 0.365. The van der Waals surface area contributed by atoms with Crippen LogP contribution in [0.15, 0.2) is 0 Å². The summed E-state index contributed by atoms with van der Waals surface area (Å²) in [4.78, 5) is 22.5. The molecule has 2 aliphatic carbocycles. The van der Waals surface area contributed by atoms with E-state index in [4.69, 9.17) is 4.74 Å². The van der Waals surface area contributed by atoms with Crippen molar-refractivity contribution in [2.24, 2.45) is 11.8 Å². The molecule has 6 heteroatoms. The van der Waals surface area contributed by atoms with Gasteiger partial charge in [-0.3, -0.25) is 0 Å². The molecule has 4 nitrogen and oxygen atoms in total. The molecule has 0 aromatic heterocycles. The molecule has 0 aromatic rings. The lowest BCUT2D eigenvalue weighted by molar-refractivity contribution is -0.179. The summed E-state index contributed by atoms with van der Waals surface area (Å²) in [6, 6.07) is 0. The monoisotopic (exact) mass is 304 g/mol. The van der Waals surface area contributed by atoms with E-state index < -0.39 is 30.6 Å². The minimum Gasteiger partial charge on any atom is -0.456 e. The van der Waals surface area contributed by atoms with Crippen molar-refractivity contribution in [3.8, 4) is 0 Å². The van der Waals surface area contributed by atoms with Gasteiger partial charge in [0.2, 0.25) is 0 Å². The Morgan fingerprint density at radius 1 is 1.33 bits per heavy atom. The van der Waals surface area contributed by atoms with Gasteiger partial charge in [-0.25, -0.2) is 9.59 Å². The van der Waals surface area contributed by atoms with Crippen LogP contribution in [-0.4, -0.2) is 30.6 Å². The topological polar surface area (TPSA) is 52.6 Å². The fraction of sp³-hybridized carbons (Fsp3) is 0.867. The Morgan fingerprint density at radius 3 is 2.62 bits per heavy atom. The molecule has 0 aromatic carbocycles. The summed E-state index contributed by atoms with van der Waals surface area (Å²) in [6.07, 6.45) is 3.73. The van der Waals surface area contributed by atoms with Crippen LogP contribution in [0.2, 0.25) is 0 Å². The van der Waals surface area contributed by atoms with Crippen molar-refractivity contribution in [3.63, 3.8) is 0 Å². The summed E-state index contributed by atoms with van der Waals surface area (Å²) in [7, 11) is 0. The zero-order valence-corrected chi connectivity index (χ0v) is 12.3. The van der Waals surface area contributed by atoms with E-state index in [0.717, 1.165) is 38.5 Å². The van der Waals surface area contributed by atoms with Crippen LogP contribution in [0.25, 0.3) is 0 Å². The standard InChI is InChI=1S/C15H22F2O4/c1-2-3-6-15(8-10-4-5-11(15)7-10)21-12(18)9-20-14(19)13(16)17/h10-11,13H,2-9H2,1H3. The SMILES string of the molecule is CCCCC1(OC(=O)COC(=O)C(F)F)CC2CCC1C2. The van der Waals surface area contributed by atoms with E-state index in [9.17, 15) is 18.4 Å². The third kappa shape index (κ3) is 3.71. The second kappa shape index (κ2) is 6.71. The van der Waals surface area contributed by atoms with Crippen LogP contribution in [-0.2, 0) is 19.1 Å². The van der Waals surface area contributed by atoms with Gasteiger partial charge in [-0.05, 0) is 50.4 Å². The molecule has 0 heterocycles. The number of rotatable bonds is 7. The molecule has 0 amide bonds. The van der Waals surface area contributed by atoms with Gasteiger partial charge in [-0.2, -0.15) is 8.78 Å². The van der Waals surface area contributed by atoms with E-state index in [2.05, 4.69) is 11.7 Å². The molecule has 21 heavy (non-hydrogen) atoms. The van der Waals surface area contributed by atoms with Crippen LogP contribution in [0.3, 0.4) is 0 Å². The molecule has 0 spiro atoms. The highest BCUT2D eigenvalue weighted by Crippen LogP contribution is 2.54. The van der Waals surface area contributed by atoms with Gasteiger partial charge in [0, 0.05) is 0 Å². The molecule has 3 unspecified atom stereocenters. The maximum Gasteiger partial charge on any atom is 0.374 e. The molecule has 0 radical (unpaired) electrons. The van der Waals surface area contributed by atoms with Gasteiger partial charge in [-0.1, -0.05) is 13.3 Å². The van der Waals surface area contributed by atoms with Crippen molar-refractivity contribution in [1.29, 1.82) is 0 Å². The summed E-state index contributed by atoms with van der Waals surface area (Å²) in [5.74, 6) is -1.43. The van der Waals surface area contributed by atoms with Gasteiger partial charge in [0.15, 0.2) is 6.61 Å². The zero-order valence-electron chi connectivity index (χ0n) is 12.3. The fourth-order valence-corrected chi connectivity index (χ4v) is 3.80. The van der Waals surface area contributed by atoms with Crippen LogP contribution < -0.4 is 0 Å². The maximum absolute atomic E-state index is 12.0. The molecule has 2 fully saturated rings. The first-order chi connectivity index (χ1) is 9.97. The van der Waals surface area contributed by atoms with Gasteiger partial charge in [0.25, 0.3) is 0 Å². The Labute approximate surface area is 123 Å². The van der Waals surface area contributed by atoms with Crippen molar-refractivity contribution >= 4 is 11.9 Å². The zero-order chi connectivity index (χ0) is 15.5. The van der Waals surface area contributed by atoms with Crippen LogP contribution in [0, 0.1) is 11.8 Å². The quantitative estimate of drug-likeness (QED) is 0.678. The lowest BCUT2D eigenvalue weighted by Gasteiger charge is -2.37. The van der Waals surface area contributed by atoms with E-state index in [-0.39, 0.29) is 0 Å². The lowest BCUT2D eigenvalue weighted by Crippen LogP contribution is -2.41. The summed E-state index contributed by atoms with van der Waals surface area (Å²) in [5.41, 5.74) is -0.465. The van der Waals surface area contributed by atoms with E-state index in [1.165, 1.54) is 6.42 Å². The van der Waals surface area contributed by atoms with Gasteiger partial charge >= 0.3 is 18.4 Å². The van der Waals surface area contributed by atoms with Gasteiger partial charge in [0.05, 0.1) is 0 Å².